The minimum absolute atomic E-state index is 0.423. The molecule has 1 aliphatic rings. The maximum atomic E-state index is 9.51. The molecule has 0 aromatic heterocycles. The number of aliphatic hydroxyl groups is 1. The van der Waals surface area contributed by atoms with Gasteiger partial charge in [0.05, 0.1) is 0 Å². The fourth-order valence-corrected chi connectivity index (χ4v) is 2.39. The largest absolute Gasteiger partial charge is 0.356 e. The quantitative estimate of drug-likeness (QED) is 0.731. The van der Waals surface area contributed by atoms with Gasteiger partial charge in [0, 0.05) is 20.2 Å². The molecule has 0 bridgehead atoms. The lowest BCUT2D eigenvalue weighted by Crippen LogP contribution is -2.42. The SMILES string of the molecule is COC(O)N1CCC(CC(C)(C)C)CC1. The van der Waals surface area contributed by atoms with Gasteiger partial charge in [0.25, 0.3) is 0 Å². The van der Waals surface area contributed by atoms with E-state index in [0.29, 0.717) is 5.41 Å². The number of aliphatic hydroxyl groups excluding tert-OH is 1. The molecule has 1 fully saturated rings. The van der Waals surface area contributed by atoms with Gasteiger partial charge in [-0.2, -0.15) is 0 Å². The Morgan fingerprint density at radius 1 is 1.33 bits per heavy atom. The van der Waals surface area contributed by atoms with Gasteiger partial charge in [-0.25, -0.2) is 0 Å². The first kappa shape index (κ1) is 12.9. The number of hydrogen-bond acceptors (Lipinski definition) is 3. The Balaban J connectivity index is 2.30. The molecular formula is C12H25NO2. The molecule has 0 saturated carbocycles. The molecule has 0 spiro atoms. The highest BCUT2D eigenvalue weighted by Crippen LogP contribution is 2.31. The Hall–Kier alpha value is -0.120. The summed E-state index contributed by atoms with van der Waals surface area (Å²) in [6.07, 6.45) is 2.93. The molecule has 0 aromatic carbocycles. The normalized spacial score (nSPS) is 23.0. The van der Waals surface area contributed by atoms with E-state index in [-0.39, 0.29) is 0 Å². The maximum absolute atomic E-state index is 9.51. The standard InChI is InChI=1S/C12H25NO2/c1-12(2,3)9-10-5-7-13(8-6-10)11(14)15-4/h10-11,14H,5-9H2,1-4H3. The number of nitrogens with zero attached hydrogens (tertiary/aromatic N) is 1. The first-order valence-corrected chi connectivity index (χ1v) is 5.87. The minimum atomic E-state index is -0.708. The third-order valence-electron chi connectivity index (χ3n) is 3.07. The van der Waals surface area contributed by atoms with Crippen LogP contribution >= 0.6 is 0 Å². The van der Waals surface area contributed by atoms with E-state index in [1.807, 2.05) is 4.90 Å². The second-order valence-corrected chi connectivity index (χ2v) is 5.81. The molecule has 1 unspecified atom stereocenters. The highest BCUT2D eigenvalue weighted by molar-refractivity contribution is 4.76. The average Bonchev–Trinajstić information content (AvgIpc) is 2.15. The van der Waals surface area contributed by atoms with Crippen molar-refractivity contribution < 1.29 is 9.84 Å². The van der Waals surface area contributed by atoms with Gasteiger partial charge in [0.15, 0.2) is 0 Å². The predicted octanol–water partition coefficient (Wildman–Crippen LogP) is 2.06. The molecule has 15 heavy (non-hydrogen) atoms. The average molecular weight is 215 g/mol. The number of ether oxygens (including phenoxy) is 1. The topological polar surface area (TPSA) is 32.7 Å². The van der Waals surface area contributed by atoms with Crippen molar-refractivity contribution in [2.75, 3.05) is 20.2 Å². The molecule has 1 N–H and O–H groups in total. The molecule has 1 saturated heterocycles. The highest BCUT2D eigenvalue weighted by Gasteiger charge is 2.26. The molecule has 1 aliphatic heterocycles. The van der Waals surface area contributed by atoms with Crippen molar-refractivity contribution in [1.82, 2.24) is 4.90 Å². The fourth-order valence-electron chi connectivity index (χ4n) is 2.39. The number of rotatable bonds is 3. The van der Waals surface area contributed by atoms with Crippen molar-refractivity contribution in [3.8, 4) is 0 Å². The summed E-state index contributed by atoms with van der Waals surface area (Å²) in [6.45, 7) is 8.79. The summed E-state index contributed by atoms with van der Waals surface area (Å²) >= 11 is 0. The van der Waals surface area contributed by atoms with Gasteiger partial charge < -0.3 is 9.84 Å². The van der Waals surface area contributed by atoms with Crippen LogP contribution in [0.3, 0.4) is 0 Å². The summed E-state index contributed by atoms with van der Waals surface area (Å²) in [5, 5.41) is 9.51. The van der Waals surface area contributed by atoms with Crippen LogP contribution in [0.1, 0.15) is 40.0 Å². The van der Waals surface area contributed by atoms with Crippen molar-refractivity contribution in [2.45, 2.75) is 46.4 Å². The first-order chi connectivity index (χ1) is 6.92. The molecule has 1 atom stereocenters. The van der Waals surface area contributed by atoms with Crippen LogP contribution in [0.15, 0.2) is 0 Å². The van der Waals surface area contributed by atoms with E-state index < -0.39 is 6.41 Å². The second kappa shape index (κ2) is 5.28. The van der Waals surface area contributed by atoms with Gasteiger partial charge in [-0.15, -0.1) is 0 Å². The summed E-state index contributed by atoms with van der Waals surface area (Å²) in [4.78, 5) is 2.00. The smallest absolute Gasteiger partial charge is 0.215 e. The molecule has 3 nitrogen and oxygen atoms in total. The Morgan fingerprint density at radius 2 is 1.87 bits per heavy atom. The zero-order chi connectivity index (χ0) is 11.5. The zero-order valence-corrected chi connectivity index (χ0v) is 10.5. The van der Waals surface area contributed by atoms with Crippen LogP contribution in [0.2, 0.25) is 0 Å². The molecule has 1 rings (SSSR count). The molecule has 0 aromatic rings. The van der Waals surface area contributed by atoms with E-state index in [4.69, 9.17) is 4.74 Å². The Morgan fingerprint density at radius 3 is 2.27 bits per heavy atom. The van der Waals surface area contributed by atoms with Gasteiger partial charge >= 0.3 is 0 Å². The van der Waals surface area contributed by atoms with Gasteiger partial charge in [0.2, 0.25) is 6.41 Å². The van der Waals surface area contributed by atoms with Gasteiger partial charge in [-0.3, -0.25) is 4.90 Å². The van der Waals surface area contributed by atoms with Crippen LogP contribution in [0.5, 0.6) is 0 Å². The lowest BCUT2D eigenvalue weighted by molar-refractivity contribution is -0.184. The number of hydrogen-bond donors (Lipinski definition) is 1. The second-order valence-electron chi connectivity index (χ2n) is 5.81. The highest BCUT2D eigenvalue weighted by atomic mass is 16.6. The summed E-state index contributed by atoms with van der Waals surface area (Å²) in [6, 6.07) is 0. The molecule has 1 heterocycles. The molecule has 3 heteroatoms. The third-order valence-corrected chi connectivity index (χ3v) is 3.07. The summed E-state index contributed by atoms with van der Waals surface area (Å²) in [5.41, 5.74) is 0.423. The van der Waals surface area contributed by atoms with Crippen molar-refractivity contribution in [3.63, 3.8) is 0 Å². The Labute approximate surface area is 93.4 Å². The molecule has 90 valence electrons. The minimum Gasteiger partial charge on any atom is -0.356 e. The van der Waals surface area contributed by atoms with Crippen LogP contribution in [0.4, 0.5) is 0 Å². The summed E-state index contributed by atoms with van der Waals surface area (Å²) in [7, 11) is 1.55. The Bertz CT molecular complexity index is 181. The number of methoxy groups -OCH3 is 1. The van der Waals surface area contributed by atoms with Crippen molar-refractivity contribution in [3.05, 3.63) is 0 Å². The lowest BCUT2D eigenvalue weighted by Gasteiger charge is -2.36. The monoisotopic (exact) mass is 215 g/mol. The van der Waals surface area contributed by atoms with Crippen LogP contribution in [0.25, 0.3) is 0 Å². The van der Waals surface area contributed by atoms with Crippen LogP contribution in [0, 0.1) is 11.3 Å². The van der Waals surface area contributed by atoms with E-state index >= 15 is 0 Å². The van der Waals surface area contributed by atoms with E-state index in [1.54, 1.807) is 7.11 Å². The Kier molecular flexibility index (Phi) is 4.56. The maximum Gasteiger partial charge on any atom is 0.215 e. The van der Waals surface area contributed by atoms with E-state index in [0.717, 1.165) is 19.0 Å². The summed E-state index contributed by atoms with van der Waals surface area (Å²) < 4.78 is 4.91. The summed E-state index contributed by atoms with van der Waals surface area (Å²) in [5.74, 6) is 0.810. The zero-order valence-electron chi connectivity index (χ0n) is 10.5. The molecular weight excluding hydrogens is 190 g/mol. The van der Waals surface area contributed by atoms with E-state index in [9.17, 15) is 5.11 Å². The first-order valence-electron chi connectivity index (χ1n) is 5.87. The van der Waals surface area contributed by atoms with Gasteiger partial charge in [-0.1, -0.05) is 20.8 Å². The van der Waals surface area contributed by atoms with Gasteiger partial charge in [0.1, 0.15) is 0 Å². The number of likely N-dealkylation sites (tertiary alicyclic amines) is 1. The molecule has 0 amide bonds. The van der Waals surface area contributed by atoms with Crippen molar-refractivity contribution in [2.24, 2.45) is 11.3 Å². The van der Waals surface area contributed by atoms with Crippen LogP contribution in [-0.4, -0.2) is 36.6 Å². The van der Waals surface area contributed by atoms with Crippen LogP contribution < -0.4 is 0 Å². The molecule has 0 radical (unpaired) electrons. The van der Waals surface area contributed by atoms with E-state index in [2.05, 4.69) is 20.8 Å². The fraction of sp³-hybridized carbons (Fsp3) is 1.00. The number of piperidine rings is 1. The predicted molar refractivity (Wildman–Crippen MR) is 61.4 cm³/mol. The third kappa shape index (κ3) is 4.49. The van der Waals surface area contributed by atoms with Crippen LogP contribution in [-0.2, 0) is 4.74 Å². The van der Waals surface area contributed by atoms with Crippen molar-refractivity contribution in [1.29, 1.82) is 0 Å². The van der Waals surface area contributed by atoms with Crippen molar-refractivity contribution >= 4 is 0 Å². The van der Waals surface area contributed by atoms with Gasteiger partial charge in [-0.05, 0) is 30.6 Å². The van der Waals surface area contributed by atoms with E-state index in [1.165, 1.54) is 19.3 Å². The lowest BCUT2D eigenvalue weighted by atomic mass is 9.80. The molecule has 0 aliphatic carbocycles.